The first-order chi connectivity index (χ1) is 10.5. The molecule has 1 aromatic rings. The maximum atomic E-state index is 12.1. The Morgan fingerprint density at radius 2 is 1.82 bits per heavy atom. The molecule has 3 N–H and O–H groups in total. The minimum absolute atomic E-state index is 0.144. The predicted octanol–water partition coefficient (Wildman–Crippen LogP) is 2.02. The number of benzene rings is 1. The second-order valence-corrected chi connectivity index (χ2v) is 6.93. The normalized spacial score (nSPS) is 26.5. The Labute approximate surface area is 131 Å². The lowest BCUT2D eigenvalue weighted by Gasteiger charge is -2.32. The Morgan fingerprint density at radius 1 is 1.09 bits per heavy atom. The Balaban J connectivity index is 1.57. The summed E-state index contributed by atoms with van der Waals surface area (Å²) in [5.74, 6) is -0.165. The van der Waals surface area contributed by atoms with E-state index in [0.717, 1.165) is 36.8 Å². The molecular formula is C18H25NO3. The first kappa shape index (κ1) is 15.5. The van der Waals surface area contributed by atoms with Crippen molar-refractivity contribution < 1.29 is 15.0 Å². The highest BCUT2D eigenvalue weighted by molar-refractivity contribution is 5.77. The summed E-state index contributed by atoms with van der Waals surface area (Å²) in [5.41, 5.74) is 0.261. The van der Waals surface area contributed by atoms with Gasteiger partial charge in [0, 0.05) is 0 Å². The van der Waals surface area contributed by atoms with Gasteiger partial charge >= 0.3 is 0 Å². The van der Waals surface area contributed by atoms with Gasteiger partial charge in [-0.2, -0.15) is 0 Å². The van der Waals surface area contributed by atoms with Crippen molar-refractivity contribution in [3.05, 3.63) is 35.4 Å². The van der Waals surface area contributed by atoms with Crippen LogP contribution in [-0.2, 0) is 16.8 Å². The van der Waals surface area contributed by atoms with E-state index in [4.69, 9.17) is 0 Å². The molecule has 1 amide bonds. The maximum absolute atomic E-state index is 12.1. The van der Waals surface area contributed by atoms with E-state index in [1.165, 1.54) is 0 Å². The highest BCUT2D eigenvalue weighted by Gasteiger charge is 2.37. The molecule has 0 unspecified atom stereocenters. The van der Waals surface area contributed by atoms with Crippen LogP contribution in [0.2, 0.25) is 0 Å². The fourth-order valence-electron chi connectivity index (χ4n) is 3.84. The average Bonchev–Trinajstić information content (AvgIpc) is 2.84. The summed E-state index contributed by atoms with van der Waals surface area (Å²) in [7, 11) is 0. The monoisotopic (exact) mass is 303 g/mol. The Hall–Kier alpha value is -1.39. The smallest absolute Gasteiger partial charge is 0.223 e. The van der Waals surface area contributed by atoms with Gasteiger partial charge in [-0.3, -0.25) is 4.79 Å². The molecule has 4 heteroatoms. The van der Waals surface area contributed by atoms with Gasteiger partial charge in [0.15, 0.2) is 0 Å². The maximum Gasteiger partial charge on any atom is 0.223 e. The molecule has 2 aliphatic carbocycles. The Bertz CT molecular complexity index is 551. The second kappa shape index (κ2) is 6.01. The van der Waals surface area contributed by atoms with Crippen molar-refractivity contribution in [1.29, 1.82) is 0 Å². The van der Waals surface area contributed by atoms with E-state index < -0.39 is 11.2 Å². The van der Waals surface area contributed by atoms with Crippen molar-refractivity contribution in [3.8, 4) is 0 Å². The summed E-state index contributed by atoms with van der Waals surface area (Å²) in [4.78, 5) is 12.1. The van der Waals surface area contributed by atoms with E-state index in [1.54, 1.807) is 0 Å². The lowest BCUT2D eigenvalue weighted by atomic mass is 9.82. The van der Waals surface area contributed by atoms with Crippen LogP contribution in [-0.4, -0.2) is 28.3 Å². The molecule has 22 heavy (non-hydrogen) atoms. The molecule has 0 radical (unpaired) electrons. The van der Waals surface area contributed by atoms with Crippen molar-refractivity contribution in [1.82, 2.24) is 5.32 Å². The highest BCUT2D eigenvalue weighted by Crippen LogP contribution is 2.36. The molecule has 0 saturated heterocycles. The number of amides is 1. The average molecular weight is 303 g/mol. The Kier molecular flexibility index (Phi) is 4.24. The molecule has 0 spiro atoms. The van der Waals surface area contributed by atoms with Gasteiger partial charge in [0.05, 0.1) is 18.6 Å². The highest BCUT2D eigenvalue weighted by atomic mass is 16.3. The predicted molar refractivity (Wildman–Crippen MR) is 84.3 cm³/mol. The van der Waals surface area contributed by atoms with Crippen LogP contribution in [0.3, 0.4) is 0 Å². The molecule has 1 fully saturated rings. The van der Waals surface area contributed by atoms with E-state index in [0.29, 0.717) is 19.3 Å². The summed E-state index contributed by atoms with van der Waals surface area (Å²) < 4.78 is 0. The summed E-state index contributed by atoms with van der Waals surface area (Å²) in [6.45, 7) is 0.221. The third-order valence-corrected chi connectivity index (χ3v) is 5.18. The lowest BCUT2D eigenvalue weighted by Crippen LogP contribution is -2.43. The number of carbonyl (C=O) groups is 1. The molecular weight excluding hydrogens is 278 g/mol. The van der Waals surface area contributed by atoms with Crippen molar-refractivity contribution in [2.75, 3.05) is 6.54 Å². The number of hydrogen-bond acceptors (Lipinski definition) is 3. The molecule has 0 aliphatic heterocycles. The van der Waals surface area contributed by atoms with Gasteiger partial charge in [0.25, 0.3) is 0 Å². The van der Waals surface area contributed by atoms with E-state index in [-0.39, 0.29) is 18.9 Å². The van der Waals surface area contributed by atoms with Gasteiger partial charge < -0.3 is 15.5 Å². The third-order valence-electron chi connectivity index (χ3n) is 5.18. The van der Waals surface area contributed by atoms with Gasteiger partial charge in [0.2, 0.25) is 5.91 Å². The molecule has 0 aromatic heterocycles. The number of rotatable bonds is 4. The van der Waals surface area contributed by atoms with Crippen LogP contribution < -0.4 is 5.32 Å². The van der Waals surface area contributed by atoms with Crippen LogP contribution in [0, 0.1) is 0 Å². The minimum Gasteiger partial charge on any atom is -0.389 e. The van der Waals surface area contributed by atoms with E-state index in [2.05, 4.69) is 5.32 Å². The Morgan fingerprint density at radius 3 is 2.59 bits per heavy atom. The summed E-state index contributed by atoms with van der Waals surface area (Å²) in [6.07, 6.45) is 6.14. The number of hydrogen-bond donors (Lipinski definition) is 3. The zero-order valence-corrected chi connectivity index (χ0v) is 13.0. The zero-order chi connectivity index (χ0) is 15.6. The summed E-state index contributed by atoms with van der Waals surface area (Å²) >= 11 is 0. The number of nitrogens with one attached hydrogen (secondary N) is 1. The van der Waals surface area contributed by atoms with Crippen LogP contribution in [0.25, 0.3) is 0 Å². The van der Waals surface area contributed by atoms with Crippen LogP contribution in [0.1, 0.15) is 56.1 Å². The van der Waals surface area contributed by atoms with Gasteiger partial charge in [-0.1, -0.05) is 43.5 Å². The van der Waals surface area contributed by atoms with Crippen LogP contribution in [0.15, 0.2) is 24.3 Å². The molecule has 1 atom stereocenters. The first-order valence-electron chi connectivity index (χ1n) is 8.31. The van der Waals surface area contributed by atoms with E-state index in [9.17, 15) is 15.0 Å². The van der Waals surface area contributed by atoms with Gasteiger partial charge in [-0.05, 0) is 36.8 Å². The van der Waals surface area contributed by atoms with Crippen molar-refractivity contribution >= 4 is 5.91 Å². The topological polar surface area (TPSA) is 69.6 Å². The van der Waals surface area contributed by atoms with Crippen LogP contribution >= 0.6 is 0 Å². The van der Waals surface area contributed by atoms with Gasteiger partial charge in [0.1, 0.15) is 5.60 Å². The standard InChI is InChI=1S/C18H25NO3/c20-16(12-17(21)9-4-1-5-10-17)19-13-18(22)11-8-14-6-2-3-7-15(14)18/h2-3,6-7,21-22H,1,4-5,8-13H2,(H,19,20)/t18-/m0/s1. The van der Waals surface area contributed by atoms with E-state index >= 15 is 0 Å². The number of aryl methyl sites for hydroxylation is 1. The van der Waals surface area contributed by atoms with Crippen molar-refractivity contribution in [2.45, 2.75) is 62.6 Å². The lowest BCUT2D eigenvalue weighted by molar-refractivity contribution is -0.128. The molecule has 2 aliphatic rings. The number of fused-ring (bicyclic) bond motifs is 1. The number of aliphatic hydroxyl groups is 2. The quantitative estimate of drug-likeness (QED) is 0.797. The van der Waals surface area contributed by atoms with Gasteiger partial charge in [-0.25, -0.2) is 0 Å². The van der Waals surface area contributed by atoms with E-state index in [1.807, 2.05) is 24.3 Å². The van der Waals surface area contributed by atoms with Crippen molar-refractivity contribution in [3.63, 3.8) is 0 Å². The molecule has 0 heterocycles. The minimum atomic E-state index is -0.971. The third kappa shape index (κ3) is 3.18. The van der Waals surface area contributed by atoms with Crippen LogP contribution in [0.4, 0.5) is 0 Å². The number of carbonyl (C=O) groups excluding carboxylic acids is 1. The fraction of sp³-hybridized carbons (Fsp3) is 0.611. The van der Waals surface area contributed by atoms with Gasteiger partial charge in [-0.15, -0.1) is 0 Å². The first-order valence-corrected chi connectivity index (χ1v) is 8.31. The second-order valence-electron chi connectivity index (χ2n) is 6.93. The molecule has 3 rings (SSSR count). The fourth-order valence-corrected chi connectivity index (χ4v) is 3.84. The largest absolute Gasteiger partial charge is 0.389 e. The molecule has 0 bridgehead atoms. The summed E-state index contributed by atoms with van der Waals surface area (Å²) in [5, 5.41) is 24.0. The SMILES string of the molecule is O=C(CC1(O)CCCCC1)NC[C@@]1(O)CCc2ccccc21. The molecule has 1 saturated carbocycles. The van der Waals surface area contributed by atoms with Crippen LogP contribution in [0.5, 0.6) is 0 Å². The zero-order valence-electron chi connectivity index (χ0n) is 13.0. The molecule has 4 nitrogen and oxygen atoms in total. The summed E-state index contributed by atoms with van der Waals surface area (Å²) in [6, 6.07) is 7.85. The molecule has 1 aromatic carbocycles. The molecule has 120 valence electrons. The van der Waals surface area contributed by atoms with Crippen molar-refractivity contribution in [2.24, 2.45) is 0 Å².